The second kappa shape index (κ2) is 6.08. The number of benzene rings is 1. The van der Waals surface area contributed by atoms with Gasteiger partial charge >= 0.3 is 12.3 Å². The summed E-state index contributed by atoms with van der Waals surface area (Å²) < 4.78 is 50.1. The highest BCUT2D eigenvalue weighted by Gasteiger charge is 2.38. The van der Waals surface area contributed by atoms with Gasteiger partial charge < -0.3 is 9.47 Å². The predicted octanol–water partition coefficient (Wildman–Crippen LogP) is 3.37. The number of ether oxygens (including phenoxy) is 2. The average Bonchev–Trinajstić information content (AvgIpc) is 3.05. The van der Waals surface area contributed by atoms with Gasteiger partial charge in [-0.2, -0.15) is 0 Å². The van der Waals surface area contributed by atoms with Gasteiger partial charge in [-0.1, -0.05) is 12.1 Å². The Hall–Kier alpha value is -3.10. The van der Waals surface area contributed by atoms with Gasteiger partial charge in [-0.3, -0.25) is 0 Å². The van der Waals surface area contributed by atoms with Gasteiger partial charge in [-0.15, -0.1) is 13.2 Å². The largest absolute Gasteiger partial charge is 0.490 e. The molecule has 130 valence electrons. The first-order valence-electron chi connectivity index (χ1n) is 7.03. The molecule has 0 radical (unpaired) electrons. The molecule has 9 heteroatoms. The zero-order valence-corrected chi connectivity index (χ0v) is 13.2. The van der Waals surface area contributed by atoms with E-state index in [1.807, 2.05) is 0 Å². The average molecular weight is 351 g/mol. The number of hydrogen-bond acceptors (Lipinski definition) is 5. The van der Waals surface area contributed by atoms with Crippen molar-refractivity contribution in [2.24, 2.45) is 0 Å². The number of imidazole rings is 1. The lowest BCUT2D eigenvalue weighted by Gasteiger charge is -2.15. The summed E-state index contributed by atoms with van der Waals surface area (Å²) in [5.41, 5.74) is -0.520. The molecule has 0 fully saturated rings. The van der Waals surface area contributed by atoms with Gasteiger partial charge in [0.1, 0.15) is 5.82 Å². The van der Waals surface area contributed by atoms with E-state index in [-0.39, 0.29) is 16.0 Å². The molecule has 6 nitrogen and oxygen atoms in total. The van der Waals surface area contributed by atoms with E-state index in [1.165, 1.54) is 19.4 Å². The van der Waals surface area contributed by atoms with Crippen molar-refractivity contribution in [3.05, 3.63) is 42.4 Å². The van der Waals surface area contributed by atoms with E-state index in [0.717, 1.165) is 13.3 Å². The van der Waals surface area contributed by atoms with Gasteiger partial charge in [0.05, 0.1) is 20.4 Å². The van der Waals surface area contributed by atoms with Crippen LogP contribution in [-0.2, 0) is 11.0 Å². The molecule has 2 heterocycles. The topological polar surface area (TPSA) is 66.2 Å². The summed E-state index contributed by atoms with van der Waals surface area (Å²) >= 11 is 0. The molecule has 25 heavy (non-hydrogen) atoms. The lowest BCUT2D eigenvalue weighted by Crippen LogP contribution is -2.23. The summed E-state index contributed by atoms with van der Waals surface area (Å²) in [6.45, 7) is 0. The molecular formula is C16H12F3N3O3. The molecule has 3 rings (SSSR count). The normalized spacial score (nSPS) is 11.6. The molecule has 1 aromatic carbocycles. The summed E-state index contributed by atoms with van der Waals surface area (Å²) in [7, 11) is 2.42. The van der Waals surface area contributed by atoms with Gasteiger partial charge in [0.25, 0.3) is 0 Å². The Kier molecular flexibility index (Phi) is 4.07. The van der Waals surface area contributed by atoms with E-state index in [4.69, 9.17) is 4.74 Å². The minimum Gasteiger partial charge on any atom is -0.481 e. The van der Waals surface area contributed by atoms with E-state index < -0.39 is 23.8 Å². The summed E-state index contributed by atoms with van der Waals surface area (Å²) in [6.07, 6.45) is -2.59. The maximum atomic E-state index is 13.5. The fourth-order valence-electron chi connectivity index (χ4n) is 2.59. The highest BCUT2D eigenvalue weighted by molar-refractivity contribution is 5.98. The molecular weight excluding hydrogens is 339 g/mol. The Balaban J connectivity index is 2.33. The van der Waals surface area contributed by atoms with Crippen LogP contribution in [0.15, 0.2) is 36.7 Å². The summed E-state index contributed by atoms with van der Waals surface area (Å²) in [6, 6.07) is 6.27. The number of carbonyl (C=O) groups excluding carboxylic acids is 1. The molecule has 0 aliphatic heterocycles. The number of pyridine rings is 1. The third-order valence-corrected chi connectivity index (χ3v) is 3.61. The maximum absolute atomic E-state index is 13.5. The minimum atomic E-state index is -4.85. The third-order valence-electron chi connectivity index (χ3n) is 3.61. The number of aromatic nitrogens is 3. The van der Waals surface area contributed by atoms with Crippen LogP contribution in [-0.4, -0.2) is 34.7 Å². The van der Waals surface area contributed by atoms with Crippen LogP contribution >= 0.6 is 0 Å². The van der Waals surface area contributed by atoms with Crippen LogP contribution in [0, 0.1) is 0 Å². The van der Waals surface area contributed by atoms with Crippen molar-refractivity contribution in [1.29, 1.82) is 0 Å². The molecule has 0 amide bonds. The highest BCUT2D eigenvalue weighted by atomic mass is 19.4. The Labute approximate surface area is 139 Å². The molecule has 0 atom stereocenters. The Morgan fingerprint density at radius 1 is 1.12 bits per heavy atom. The first-order valence-corrected chi connectivity index (χ1v) is 7.03. The van der Waals surface area contributed by atoms with Crippen molar-refractivity contribution in [3.63, 3.8) is 0 Å². The van der Waals surface area contributed by atoms with Gasteiger partial charge in [-0.05, 0) is 17.5 Å². The van der Waals surface area contributed by atoms with Gasteiger partial charge in [0.15, 0.2) is 5.69 Å². The van der Waals surface area contributed by atoms with Crippen LogP contribution < -0.4 is 4.74 Å². The van der Waals surface area contributed by atoms with E-state index >= 15 is 0 Å². The van der Waals surface area contributed by atoms with Crippen molar-refractivity contribution >= 4 is 16.7 Å². The van der Waals surface area contributed by atoms with Crippen LogP contribution in [0.5, 0.6) is 5.88 Å². The minimum absolute atomic E-state index is 0.0967. The molecule has 0 spiro atoms. The molecule has 0 unspecified atom stereocenters. The quantitative estimate of drug-likeness (QED) is 0.677. The Bertz CT molecular complexity index is 951. The van der Waals surface area contributed by atoms with Gasteiger partial charge in [0.2, 0.25) is 5.88 Å². The van der Waals surface area contributed by atoms with Gasteiger partial charge in [-0.25, -0.2) is 19.3 Å². The van der Waals surface area contributed by atoms with Crippen LogP contribution in [0.3, 0.4) is 0 Å². The van der Waals surface area contributed by atoms with Gasteiger partial charge in [0, 0.05) is 17.1 Å². The molecule has 0 aliphatic carbocycles. The number of methoxy groups -OCH3 is 2. The van der Waals surface area contributed by atoms with Crippen molar-refractivity contribution < 1.29 is 27.4 Å². The zero-order valence-electron chi connectivity index (χ0n) is 13.2. The number of fused-ring (bicyclic) bond motifs is 1. The number of hydrogen-bond donors (Lipinski definition) is 0. The van der Waals surface area contributed by atoms with Crippen LogP contribution in [0.2, 0.25) is 0 Å². The van der Waals surface area contributed by atoms with E-state index in [9.17, 15) is 18.0 Å². The maximum Gasteiger partial charge on any atom is 0.490 e. The first-order chi connectivity index (χ1) is 11.9. The SMILES string of the molecule is COC(=O)c1cnc(-c2cccc3c(OC)nccc23)n1C(F)(F)F. The molecule has 0 saturated heterocycles. The van der Waals surface area contributed by atoms with Crippen molar-refractivity contribution in [3.8, 4) is 17.3 Å². The number of halogens is 3. The zero-order chi connectivity index (χ0) is 18.2. The molecule has 0 aliphatic rings. The van der Waals surface area contributed by atoms with E-state index in [2.05, 4.69) is 14.7 Å². The summed E-state index contributed by atoms with van der Waals surface area (Å²) in [4.78, 5) is 19.5. The second-order valence-electron chi connectivity index (χ2n) is 4.98. The van der Waals surface area contributed by atoms with Crippen LogP contribution in [0.1, 0.15) is 10.5 Å². The molecule has 0 saturated carbocycles. The Morgan fingerprint density at radius 2 is 1.88 bits per heavy atom. The number of rotatable bonds is 3. The molecule has 2 aromatic heterocycles. The smallest absolute Gasteiger partial charge is 0.481 e. The number of nitrogens with zero attached hydrogens (tertiary/aromatic N) is 3. The van der Waals surface area contributed by atoms with Crippen molar-refractivity contribution in [2.45, 2.75) is 6.30 Å². The second-order valence-corrected chi connectivity index (χ2v) is 4.98. The highest BCUT2D eigenvalue weighted by Crippen LogP contribution is 2.36. The van der Waals surface area contributed by atoms with Crippen molar-refractivity contribution in [2.75, 3.05) is 14.2 Å². The fourth-order valence-corrected chi connectivity index (χ4v) is 2.59. The fraction of sp³-hybridized carbons (Fsp3) is 0.188. The molecule has 0 N–H and O–H groups in total. The Morgan fingerprint density at radius 3 is 2.52 bits per heavy atom. The van der Waals surface area contributed by atoms with E-state index in [0.29, 0.717) is 10.8 Å². The number of alkyl halides is 3. The lowest BCUT2D eigenvalue weighted by molar-refractivity contribution is -0.203. The first kappa shape index (κ1) is 16.7. The lowest BCUT2D eigenvalue weighted by atomic mass is 10.1. The number of carbonyl (C=O) groups is 1. The van der Waals surface area contributed by atoms with Crippen LogP contribution in [0.25, 0.3) is 22.2 Å². The van der Waals surface area contributed by atoms with Crippen molar-refractivity contribution in [1.82, 2.24) is 14.5 Å². The predicted molar refractivity (Wildman–Crippen MR) is 82.2 cm³/mol. The molecule has 3 aromatic rings. The number of esters is 1. The summed E-state index contributed by atoms with van der Waals surface area (Å²) in [5, 5.41) is 0.987. The monoisotopic (exact) mass is 351 g/mol. The summed E-state index contributed by atoms with van der Waals surface area (Å²) in [5.74, 6) is -1.28. The van der Waals surface area contributed by atoms with Crippen LogP contribution in [0.4, 0.5) is 13.2 Å². The molecule has 0 bridgehead atoms. The third kappa shape index (κ3) is 2.77. The standard InChI is InChI=1S/C16H12F3N3O3/c1-24-14-11-5-3-4-10(9(11)6-7-20-14)13-21-8-12(15(23)25-2)22(13)16(17,18)19/h3-8H,1-2H3. The van der Waals surface area contributed by atoms with E-state index in [1.54, 1.807) is 18.2 Å².